The molecule has 2 heterocycles. The minimum Gasteiger partial charge on any atom is -0.356 e. The highest BCUT2D eigenvalue weighted by Gasteiger charge is 2.26. The van der Waals surface area contributed by atoms with Crippen LogP contribution in [0, 0.1) is 21.8 Å². The third-order valence-corrected chi connectivity index (χ3v) is 6.31. The van der Waals surface area contributed by atoms with Crippen LogP contribution in [-0.2, 0) is 17.6 Å². The highest BCUT2D eigenvalue weighted by molar-refractivity contribution is 5.79. The third kappa shape index (κ3) is 5.98. The van der Waals surface area contributed by atoms with Crippen LogP contribution in [0.1, 0.15) is 31.0 Å². The number of nitro groups is 1. The number of nitro benzene ring substituents is 1. The number of carbonyl (C=O) groups excluding carboxylic acids is 1. The molecule has 0 unspecified atom stereocenters. The van der Waals surface area contributed by atoms with Gasteiger partial charge in [-0.3, -0.25) is 14.9 Å². The van der Waals surface area contributed by atoms with E-state index in [-0.39, 0.29) is 23.3 Å². The van der Waals surface area contributed by atoms with E-state index in [9.17, 15) is 19.3 Å². The summed E-state index contributed by atoms with van der Waals surface area (Å²) in [6.45, 7) is 3.80. The second kappa shape index (κ2) is 11.0. The van der Waals surface area contributed by atoms with Gasteiger partial charge in [-0.05, 0) is 49.4 Å². The number of aromatic nitrogens is 2. The van der Waals surface area contributed by atoms with Crippen molar-refractivity contribution in [3.8, 4) is 11.4 Å². The Hall–Kier alpha value is -3.88. The molecule has 0 atom stereocenters. The number of hydrogen-bond donors (Lipinski definition) is 1. The minimum atomic E-state index is -0.432. The van der Waals surface area contributed by atoms with Crippen LogP contribution in [0.5, 0.6) is 0 Å². The number of hydrogen-bond acceptors (Lipinski definition) is 6. The zero-order chi connectivity index (χ0) is 24.8. The summed E-state index contributed by atoms with van der Waals surface area (Å²) in [5, 5.41) is 13.9. The zero-order valence-electron chi connectivity index (χ0n) is 19.6. The SMILES string of the molecule is CCc1cc(N2CCC(C(=O)NCCc3ccccc3F)CC2)nc(-c2ccc([N+](=O)[O-])cc2)n1. The van der Waals surface area contributed by atoms with Crippen LogP contribution < -0.4 is 10.2 Å². The van der Waals surface area contributed by atoms with Gasteiger partial charge in [-0.15, -0.1) is 0 Å². The van der Waals surface area contributed by atoms with Gasteiger partial charge in [0.1, 0.15) is 11.6 Å². The van der Waals surface area contributed by atoms with Gasteiger partial charge in [0, 0.05) is 55.0 Å². The Morgan fingerprint density at radius 3 is 2.51 bits per heavy atom. The van der Waals surface area contributed by atoms with E-state index in [0.29, 0.717) is 50.3 Å². The van der Waals surface area contributed by atoms with Gasteiger partial charge in [0.25, 0.3) is 5.69 Å². The zero-order valence-corrected chi connectivity index (χ0v) is 19.6. The molecule has 8 nitrogen and oxygen atoms in total. The summed E-state index contributed by atoms with van der Waals surface area (Å²) in [6, 6.07) is 14.8. The Labute approximate surface area is 203 Å². The van der Waals surface area contributed by atoms with Crippen molar-refractivity contribution in [3.63, 3.8) is 0 Å². The quantitative estimate of drug-likeness (QED) is 0.383. The fourth-order valence-corrected chi connectivity index (χ4v) is 4.22. The average Bonchev–Trinajstić information content (AvgIpc) is 2.89. The van der Waals surface area contributed by atoms with Crippen LogP contribution in [0.15, 0.2) is 54.6 Å². The lowest BCUT2D eigenvalue weighted by atomic mass is 9.95. The molecule has 0 saturated carbocycles. The lowest BCUT2D eigenvalue weighted by Crippen LogP contribution is -2.41. The summed E-state index contributed by atoms with van der Waals surface area (Å²) in [4.78, 5) is 34.6. The van der Waals surface area contributed by atoms with Crippen molar-refractivity contribution >= 4 is 17.4 Å². The lowest BCUT2D eigenvalue weighted by Gasteiger charge is -2.32. The molecule has 1 aliphatic heterocycles. The number of carbonyl (C=O) groups is 1. The molecule has 182 valence electrons. The summed E-state index contributed by atoms with van der Waals surface area (Å²) in [7, 11) is 0. The Balaban J connectivity index is 1.36. The van der Waals surface area contributed by atoms with Crippen LogP contribution in [-0.4, -0.2) is 40.4 Å². The van der Waals surface area contributed by atoms with Gasteiger partial charge in [-0.2, -0.15) is 0 Å². The van der Waals surface area contributed by atoms with Crippen molar-refractivity contribution in [2.45, 2.75) is 32.6 Å². The van der Waals surface area contributed by atoms with Gasteiger partial charge in [0.2, 0.25) is 5.91 Å². The Morgan fingerprint density at radius 1 is 1.14 bits per heavy atom. The molecule has 0 bridgehead atoms. The largest absolute Gasteiger partial charge is 0.356 e. The Bertz CT molecular complexity index is 1190. The summed E-state index contributed by atoms with van der Waals surface area (Å²) in [6.07, 6.45) is 2.59. The maximum atomic E-state index is 13.8. The number of halogens is 1. The smallest absolute Gasteiger partial charge is 0.269 e. The molecule has 1 amide bonds. The number of benzene rings is 2. The number of piperidine rings is 1. The van der Waals surface area contributed by atoms with Crippen molar-refractivity contribution < 1.29 is 14.1 Å². The topological polar surface area (TPSA) is 101 Å². The van der Waals surface area contributed by atoms with E-state index in [1.807, 2.05) is 13.0 Å². The van der Waals surface area contributed by atoms with Crippen LogP contribution in [0.3, 0.4) is 0 Å². The fraction of sp³-hybridized carbons (Fsp3) is 0.346. The van der Waals surface area contributed by atoms with Gasteiger partial charge in [-0.25, -0.2) is 14.4 Å². The van der Waals surface area contributed by atoms with E-state index < -0.39 is 4.92 Å². The van der Waals surface area contributed by atoms with Crippen molar-refractivity contribution in [2.24, 2.45) is 5.92 Å². The van der Waals surface area contributed by atoms with Crippen molar-refractivity contribution in [3.05, 3.63) is 81.8 Å². The number of anilines is 1. The van der Waals surface area contributed by atoms with Crippen molar-refractivity contribution in [2.75, 3.05) is 24.5 Å². The monoisotopic (exact) mass is 477 g/mol. The van der Waals surface area contributed by atoms with E-state index in [1.54, 1.807) is 30.3 Å². The number of non-ortho nitro benzene ring substituents is 1. The summed E-state index contributed by atoms with van der Waals surface area (Å²) >= 11 is 0. The highest BCUT2D eigenvalue weighted by atomic mass is 19.1. The predicted octanol–water partition coefficient (Wildman–Crippen LogP) is 4.33. The molecular formula is C26H28FN5O3. The molecule has 1 aromatic heterocycles. The van der Waals surface area contributed by atoms with Gasteiger partial charge >= 0.3 is 0 Å². The number of rotatable bonds is 8. The van der Waals surface area contributed by atoms with Crippen LogP contribution >= 0.6 is 0 Å². The summed E-state index contributed by atoms with van der Waals surface area (Å²) < 4.78 is 13.8. The van der Waals surface area contributed by atoms with E-state index in [1.165, 1.54) is 18.2 Å². The van der Waals surface area contributed by atoms with Crippen LogP contribution in [0.4, 0.5) is 15.9 Å². The first kappa shape index (κ1) is 24.3. The first-order valence-corrected chi connectivity index (χ1v) is 11.8. The number of nitrogens with zero attached hydrogens (tertiary/aromatic N) is 4. The van der Waals surface area contributed by atoms with Crippen LogP contribution in [0.2, 0.25) is 0 Å². The third-order valence-electron chi connectivity index (χ3n) is 6.31. The number of amides is 1. The lowest BCUT2D eigenvalue weighted by molar-refractivity contribution is -0.384. The van der Waals surface area contributed by atoms with Crippen molar-refractivity contribution in [1.82, 2.24) is 15.3 Å². The minimum absolute atomic E-state index is 0.00416. The molecule has 3 aromatic rings. The van der Waals surface area contributed by atoms with E-state index in [2.05, 4.69) is 15.2 Å². The summed E-state index contributed by atoms with van der Waals surface area (Å²) in [5.74, 6) is 0.989. The normalized spacial score (nSPS) is 14.1. The highest BCUT2D eigenvalue weighted by Crippen LogP contribution is 2.26. The molecule has 0 aliphatic carbocycles. The molecule has 9 heteroatoms. The van der Waals surface area contributed by atoms with E-state index >= 15 is 0 Å². The van der Waals surface area contributed by atoms with Gasteiger partial charge in [-0.1, -0.05) is 25.1 Å². The first-order valence-electron chi connectivity index (χ1n) is 11.8. The Kier molecular flexibility index (Phi) is 7.64. The molecule has 1 N–H and O–H groups in total. The van der Waals surface area contributed by atoms with Gasteiger partial charge in [0.05, 0.1) is 4.92 Å². The van der Waals surface area contributed by atoms with Crippen molar-refractivity contribution in [1.29, 1.82) is 0 Å². The van der Waals surface area contributed by atoms with Gasteiger partial charge < -0.3 is 10.2 Å². The first-order chi connectivity index (χ1) is 16.9. The molecule has 1 saturated heterocycles. The van der Waals surface area contributed by atoms with Crippen LogP contribution in [0.25, 0.3) is 11.4 Å². The molecular weight excluding hydrogens is 449 g/mol. The summed E-state index contributed by atoms with van der Waals surface area (Å²) in [5.41, 5.74) is 2.23. The predicted molar refractivity (Wildman–Crippen MR) is 132 cm³/mol. The molecule has 0 spiro atoms. The maximum Gasteiger partial charge on any atom is 0.269 e. The van der Waals surface area contributed by atoms with E-state index in [4.69, 9.17) is 4.98 Å². The second-order valence-corrected chi connectivity index (χ2v) is 8.59. The average molecular weight is 478 g/mol. The molecule has 4 rings (SSSR count). The Morgan fingerprint density at radius 2 is 1.86 bits per heavy atom. The molecule has 2 aromatic carbocycles. The van der Waals surface area contributed by atoms with Gasteiger partial charge in [0.15, 0.2) is 5.82 Å². The molecule has 1 fully saturated rings. The van der Waals surface area contributed by atoms with E-state index in [0.717, 1.165) is 23.5 Å². The number of aryl methyl sites for hydroxylation is 1. The number of nitrogens with one attached hydrogen (secondary N) is 1. The standard InChI is InChI=1S/C26H28FN5O3/c1-2-21-17-24(30-25(29-21)19-7-9-22(10-8-19)32(34)35)31-15-12-20(13-16-31)26(33)28-14-11-18-5-3-4-6-23(18)27/h3-10,17,20H,2,11-16H2,1H3,(H,28,33). The maximum absolute atomic E-state index is 13.8. The molecule has 0 radical (unpaired) electrons. The fourth-order valence-electron chi connectivity index (χ4n) is 4.22. The second-order valence-electron chi connectivity index (χ2n) is 8.59. The molecule has 35 heavy (non-hydrogen) atoms. The molecule has 1 aliphatic rings.